The van der Waals surface area contributed by atoms with Crippen LogP contribution in [0.1, 0.15) is 16.1 Å². The van der Waals surface area contributed by atoms with E-state index >= 15 is 0 Å². The summed E-state index contributed by atoms with van der Waals surface area (Å²) in [5.41, 5.74) is 2.39. The third-order valence-electron chi connectivity index (χ3n) is 3.06. The molecule has 1 aromatic carbocycles. The number of H-pyrrole nitrogens is 1. The highest BCUT2D eigenvalue weighted by molar-refractivity contribution is 6.03. The summed E-state index contributed by atoms with van der Waals surface area (Å²) >= 11 is 0. The minimum Gasteiger partial charge on any atom is -0.345 e. The molecule has 1 amide bonds. The van der Waals surface area contributed by atoms with Crippen molar-refractivity contribution < 1.29 is 4.79 Å². The number of fused-ring (bicyclic) bond motifs is 1. The van der Waals surface area contributed by atoms with Gasteiger partial charge in [0.25, 0.3) is 11.5 Å². The first kappa shape index (κ1) is 12.2. The van der Waals surface area contributed by atoms with Gasteiger partial charge in [-0.2, -0.15) is 0 Å². The van der Waals surface area contributed by atoms with Gasteiger partial charge in [0, 0.05) is 18.0 Å². The maximum atomic E-state index is 12.3. The number of aromatic nitrogens is 2. The molecule has 0 saturated carbocycles. The Labute approximate surface area is 114 Å². The largest absolute Gasteiger partial charge is 0.345 e. The van der Waals surface area contributed by atoms with Crippen molar-refractivity contribution in [2.75, 3.05) is 5.32 Å². The summed E-state index contributed by atoms with van der Waals surface area (Å²) in [5.74, 6) is -0.324. The van der Waals surface area contributed by atoms with E-state index in [-0.39, 0.29) is 17.2 Å². The first-order chi connectivity index (χ1) is 9.65. The Kier molecular flexibility index (Phi) is 2.87. The first-order valence-corrected chi connectivity index (χ1v) is 6.22. The number of nitrogens with one attached hydrogen (secondary N) is 2. The number of pyridine rings is 1. The van der Waals surface area contributed by atoms with E-state index in [0.717, 1.165) is 5.56 Å². The molecule has 0 saturated heterocycles. The zero-order chi connectivity index (χ0) is 14.1. The lowest BCUT2D eigenvalue weighted by Crippen LogP contribution is -2.20. The topological polar surface area (TPSA) is 66.4 Å². The Balaban J connectivity index is 1.99. The van der Waals surface area contributed by atoms with Gasteiger partial charge in [-0.25, -0.2) is 0 Å². The molecule has 0 bridgehead atoms. The number of carbonyl (C=O) groups excluding carboxylic acids is 1. The number of amides is 1. The van der Waals surface area contributed by atoms with E-state index in [9.17, 15) is 9.59 Å². The number of hydrogen-bond acceptors (Lipinski definition) is 2. The zero-order valence-electron chi connectivity index (χ0n) is 10.9. The first-order valence-electron chi connectivity index (χ1n) is 6.22. The van der Waals surface area contributed by atoms with Gasteiger partial charge in [0.1, 0.15) is 11.3 Å². The van der Waals surface area contributed by atoms with Crippen LogP contribution in [0.15, 0.2) is 53.5 Å². The fourth-order valence-electron chi connectivity index (χ4n) is 2.14. The summed E-state index contributed by atoms with van der Waals surface area (Å²) in [5, 5.41) is 2.79. The van der Waals surface area contributed by atoms with Crippen LogP contribution in [0.2, 0.25) is 0 Å². The molecule has 3 aromatic rings. The van der Waals surface area contributed by atoms with Crippen LogP contribution in [0.4, 0.5) is 5.69 Å². The number of anilines is 1. The predicted molar refractivity (Wildman–Crippen MR) is 77.1 cm³/mol. The van der Waals surface area contributed by atoms with Crippen LogP contribution in [-0.2, 0) is 0 Å². The Hall–Kier alpha value is -2.82. The van der Waals surface area contributed by atoms with E-state index in [1.807, 2.05) is 31.2 Å². The quantitative estimate of drug-likeness (QED) is 0.747. The third-order valence-corrected chi connectivity index (χ3v) is 3.06. The Morgan fingerprint density at radius 3 is 2.80 bits per heavy atom. The summed E-state index contributed by atoms with van der Waals surface area (Å²) in [4.78, 5) is 27.0. The maximum Gasteiger partial charge on any atom is 0.274 e. The Bertz CT molecular complexity index is 845. The molecule has 0 spiro atoms. The van der Waals surface area contributed by atoms with Crippen molar-refractivity contribution in [1.29, 1.82) is 0 Å². The van der Waals surface area contributed by atoms with E-state index in [1.165, 1.54) is 16.7 Å². The maximum absolute atomic E-state index is 12.3. The number of carbonyl (C=O) groups is 1. The number of benzene rings is 1. The third kappa shape index (κ3) is 2.09. The number of rotatable bonds is 2. The number of imidazole rings is 1. The second-order valence-corrected chi connectivity index (χ2v) is 4.58. The van der Waals surface area contributed by atoms with Crippen LogP contribution in [0, 0.1) is 6.92 Å². The van der Waals surface area contributed by atoms with E-state index in [0.29, 0.717) is 11.3 Å². The second-order valence-electron chi connectivity index (χ2n) is 4.58. The molecule has 0 aliphatic heterocycles. The lowest BCUT2D eigenvalue weighted by Gasteiger charge is -2.05. The Morgan fingerprint density at radius 1 is 1.20 bits per heavy atom. The van der Waals surface area contributed by atoms with Crippen molar-refractivity contribution in [3.63, 3.8) is 0 Å². The molecule has 0 fully saturated rings. The molecule has 20 heavy (non-hydrogen) atoms. The van der Waals surface area contributed by atoms with Crippen LogP contribution in [0.25, 0.3) is 5.65 Å². The molecule has 0 aliphatic carbocycles. The lowest BCUT2D eigenvalue weighted by molar-refractivity contribution is 0.102. The van der Waals surface area contributed by atoms with Crippen LogP contribution in [0.5, 0.6) is 0 Å². The summed E-state index contributed by atoms with van der Waals surface area (Å²) in [6.07, 6.45) is 1.53. The van der Waals surface area contributed by atoms with E-state index in [2.05, 4.69) is 10.3 Å². The molecule has 3 rings (SSSR count). The van der Waals surface area contributed by atoms with Gasteiger partial charge in [0.2, 0.25) is 0 Å². The van der Waals surface area contributed by atoms with E-state index in [4.69, 9.17) is 0 Å². The highest BCUT2D eigenvalue weighted by Gasteiger charge is 2.13. The van der Waals surface area contributed by atoms with E-state index in [1.54, 1.807) is 12.1 Å². The van der Waals surface area contributed by atoms with Crippen LogP contribution >= 0.6 is 0 Å². The van der Waals surface area contributed by atoms with Gasteiger partial charge < -0.3 is 10.3 Å². The highest BCUT2D eigenvalue weighted by atomic mass is 16.2. The zero-order valence-corrected chi connectivity index (χ0v) is 10.9. The van der Waals surface area contributed by atoms with Crippen molar-refractivity contribution in [1.82, 2.24) is 9.38 Å². The van der Waals surface area contributed by atoms with Crippen LogP contribution in [0.3, 0.4) is 0 Å². The predicted octanol–water partition coefficient (Wildman–Crippen LogP) is 2.19. The van der Waals surface area contributed by atoms with E-state index < -0.39 is 0 Å². The Morgan fingerprint density at radius 2 is 2.00 bits per heavy atom. The molecule has 2 N–H and O–H groups in total. The van der Waals surface area contributed by atoms with Crippen molar-refractivity contribution in [3.05, 3.63) is 70.3 Å². The fourth-order valence-corrected chi connectivity index (χ4v) is 2.14. The second kappa shape index (κ2) is 4.70. The van der Waals surface area contributed by atoms with Crippen LogP contribution < -0.4 is 10.9 Å². The average Bonchev–Trinajstić information content (AvgIpc) is 2.84. The summed E-state index contributed by atoms with van der Waals surface area (Å²) < 4.78 is 1.35. The van der Waals surface area contributed by atoms with Gasteiger partial charge in [-0.15, -0.1) is 0 Å². The molecule has 0 radical (unpaired) electrons. The van der Waals surface area contributed by atoms with Crippen molar-refractivity contribution in [3.8, 4) is 0 Å². The van der Waals surface area contributed by atoms with Crippen LogP contribution in [-0.4, -0.2) is 15.3 Å². The number of aryl methyl sites for hydroxylation is 1. The number of aromatic amines is 1. The molecule has 0 aliphatic rings. The van der Waals surface area contributed by atoms with Gasteiger partial charge in [0.15, 0.2) is 0 Å². The van der Waals surface area contributed by atoms with Crippen molar-refractivity contribution in [2.45, 2.75) is 6.92 Å². The van der Waals surface area contributed by atoms with Gasteiger partial charge in [-0.1, -0.05) is 18.2 Å². The lowest BCUT2D eigenvalue weighted by atomic mass is 10.2. The van der Waals surface area contributed by atoms with Gasteiger partial charge in [-0.3, -0.25) is 14.0 Å². The molecular formula is C15H13N3O2. The summed E-state index contributed by atoms with van der Waals surface area (Å²) in [7, 11) is 0. The normalized spacial score (nSPS) is 10.7. The molecule has 2 aromatic heterocycles. The molecule has 2 heterocycles. The summed E-state index contributed by atoms with van der Waals surface area (Å²) in [6.45, 7) is 1.95. The molecule has 5 heteroatoms. The number of hydrogen-bond donors (Lipinski definition) is 2. The molecular weight excluding hydrogens is 254 g/mol. The minimum atomic E-state index is -0.324. The van der Waals surface area contributed by atoms with Gasteiger partial charge in [0.05, 0.1) is 0 Å². The van der Waals surface area contributed by atoms with Crippen molar-refractivity contribution >= 4 is 17.2 Å². The standard InChI is InChI=1S/C15H13N3O2/c1-10-4-2-5-11(8-10)17-15(20)12-9-16-13-6-3-7-14(19)18(12)13/h2-9,16H,1H3,(H,17,20). The summed E-state index contributed by atoms with van der Waals surface area (Å²) in [6, 6.07) is 12.3. The fraction of sp³-hybridized carbons (Fsp3) is 0.0667. The highest BCUT2D eigenvalue weighted by Crippen LogP contribution is 2.12. The van der Waals surface area contributed by atoms with Gasteiger partial charge in [-0.05, 0) is 30.7 Å². The number of nitrogens with zero attached hydrogens (tertiary/aromatic N) is 1. The molecule has 0 atom stereocenters. The van der Waals surface area contributed by atoms with Gasteiger partial charge >= 0.3 is 0 Å². The monoisotopic (exact) mass is 267 g/mol. The molecule has 5 nitrogen and oxygen atoms in total. The minimum absolute atomic E-state index is 0.238. The molecule has 100 valence electrons. The van der Waals surface area contributed by atoms with Crippen molar-refractivity contribution in [2.24, 2.45) is 0 Å². The SMILES string of the molecule is Cc1cccc(NC(=O)c2c[nH]c3cccc(=O)n23)c1. The smallest absolute Gasteiger partial charge is 0.274 e. The average molecular weight is 267 g/mol. The molecule has 0 unspecified atom stereocenters.